The molecule has 0 aromatic heterocycles. The van der Waals surface area contributed by atoms with E-state index in [-0.39, 0.29) is 28.6 Å². The second-order valence-corrected chi connectivity index (χ2v) is 8.99. The van der Waals surface area contributed by atoms with Gasteiger partial charge in [0.1, 0.15) is 0 Å². The molecule has 3 aromatic carbocycles. The number of nitrogens with one attached hydrogen (secondary N) is 1. The van der Waals surface area contributed by atoms with E-state index in [1.54, 1.807) is 12.1 Å². The molecular weight excluding hydrogens is 484 g/mol. The molecule has 1 amide bonds. The highest BCUT2D eigenvalue weighted by Gasteiger charge is 2.34. The van der Waals surface area contributed by atoms with Crippen molar-refractivity contribution in [3.05, 3.63) is 110 Å². The number of benzene rings is 3. The van der Waals surface area contributed by atoms with E-state index in [2.05, 4.69) is 21.2 Å². The number of hydrogen-bond acceptors (Lipinski definition) is 4. The third kappa shape index (κ3) is 4.57. The summed E-state index contributed by atoms with van der Waals surface area (Å²) in [6.45, 7) is 0. The topological polar surface area (TPSA) is 87.2 Å². The third-order valence-corrected chi connectivity index (χ3v) is 6.91. The summed E-state index contributed by atoms with van der Waals surface area (Å²) in [7, 11) is 0. The number of hydrogen-bond donors (Lipinski definition) is 2. The van der Waals surface area contributed by atoms with Gasteiger partial charge in [0.05, 0.1) is 16.0 Å². The van der Waals surface area contributed by atoms with Gasteiger partial charge in [-0.1, -0.05) is 99.6 Å². The fraction of sp³-hybridized carbons (Fsp3) is 0.0870. The van der Waals surface area contributed by atoms with Crippen LogP contribution in [-0.4, -0.2) is 11.9 Å². The Hall–Kier alpha value is -2.25. The fourth-order valence-corrected chi connectivity index (χ4v) is 4.83. The lowest BCUT2D eigenvalue weighted by Crippen LogP contribution is -2.37. The summed E-state index contributed by atoms with van der Waals surface area (Å²) < 4.78 is 0.955. The van der Waals surface area contributed by atoms with E-state index in [1.807, 2.05) is 66.7 Å². The Morgan fingerprint density at radius 2 is 1.53 bits per heavy atom. The Balaban J connectivity index is 0.00000256. The maximum Gasteiger partial charge on any atom is 0.257 e. The zero-order valence-electron chi connectivity index (χ0n) is 15.8. The highest BCUT2D eigenvalue weighted by atomic mass is 79.9. The van der Waals surface area contributed by atoms with Crippen LogP contribution in [0.25, 0.3) is 0 Å². The maximum absolute atomic E-state index is 13.3. The van der Waals surface area contributed by atoms with Gasteiger partial charge in [0.25, 0.3) is 5.91 Å². The Morgan fingerprint density at radius 1 is 0.933 bits per heavy atom. The molecule has 4 N–H and O–H groups in total. The second-order valence-electron chi connectivity index (χ2n) is 6.62. The van der Waals surface area contributed by atoms with Crippen LogP contribution in [0.2, 0.25) is 5.02 Å². The minimum atomic E-state index is -0.670. The average Bonchev–Trinajstić information content (AvgIpc) is 3.00. The summed E-state index contributed by atoms with van der Waals surface area (Å²) in [5.74, 6) is -0.857. The van der Waals surface area contributed by atoms with E-state index in [9.17, 15) is 9.90 Å². The molecule has 4 nitrogen and oxygen atoms in total. The number of thioether (sulfide) groups is 1. The van der Waals surface area contributed by atoms with E-state index in [0.29, 0.717) is 9.92 Å². The van der Waals surface area contributed by atoms with Crippen LogP contribution in [0.4, 0.5) is 0 Å². The first-order valence-corrected chi connectivity index (χ1v) is 11.0. The summed E-state index contributed by atoms with van der Waals surface area (Å²) in [6.07, 6.45) is 0. The van der Waals surface area contributed by atoms with Gasteiger partial charge in [-0.25, -0.2) is 0 Å². The standard InChI is InChI=1S/C23H17BrClNO2S.H3N/c24-16-12-10-15(11-13-16)19(14-6-2-1-3-7-14)20-21(27)22(23(28)26-20)29-18-9-5-4-8-17(18)25;/h1-13,19-20,27H,(H,26,28);1H3/p-1. The van der Waals surface area contributed by atoms with Crippen LogP contribution < -0.4 is 16.6 Å². The Morgan fingerprint density at radius 3 is 2.20 bits per heavy atom. The first kappa shape index (κ1) is 22.4. The van der Waals surface area contributed by atoms with Crippen molar-refractivity contribution in [2.24, 2.45) is 0 Å². The molecule has 7 heteroatoms. The number of carbonyl (C=O) groups is 1. The first-order chi connectivity index (χ1) is 14.0. The van der Waals surface area contributed by atoms with E-state index < -0.39 is 6.04 Å². The molecule has 3 aromatic rings. The van der Waals surface area contributed by atoms with Gasteiger partial charge < -0.3 is 16.6 Å². The number of amides is 1. The lowest BCUT2D eigenvalue weighted by Gasteiger charge is -2.29. The molecule has 0 radical (unpaired) electrons. The van der Waals surface area contributed by atoms with Crippen LogP contribution in [-0.2, 0) is 4.79 Å². The Kier molecular flexibility index (Phi) is 7.26. The molecule has 154 valence electrons. The molecule has 0 fully saturated rings. The molecule has 1 aliphatic heterocycles. The normalized spacial score (nSPS) is 16.7. The van der Waals surface area contributed by atoms with Crippen molar-refractivity contribution in [2.75, 3.05) is 0 Å². The van der Waals surface area contributed by atoms with Gasteiger partial charge in [-0.3, -0.25) is 4.79 Å². The van der Waals surface area contributed by atoms with Gasteiger partial charge in [-0.05, 0) is 35.4 Å². The summed E-state index contributed by atoms with van der Waals surface area (Å²) in [5, 5.41) is 16.7. The van der Waals surface area contributed by atoms with Gasteiger partial charge in [0.2, 0.25) is 0 Å². The van der Waals surface area contributed by atoms with Gasteiger partial charge >= 0.3 is 0 Å². The summed E-state index contributed by atoms with van der Waals surface area (Å²) in [4.78, 5) is 13.5. The first-order valence-electron chi connectivity index (χ1n) is 8.99. The van der Waals surface area contributed by atoms with Crippen LogP contribution in [0.15, 0.2) is 98.9 Å². The summed E-state index contributed by atoms with van der Waals surface area (Å²) in [6, 6.07) is 24.1. The maximum atomic E-state index is 13.3. The lowest BCUT2D eigenvalue weighted by molar-refractivity contribution is -0.309. The van der Waals surface area contributed by atoms with E-state index in [4.69, 9.17) is 11.6 Å². The van der Waals surface area contributed by atoms with Gasteiger partial charge in [0.15, 0.2) is 0 Å². The molecule has 0 spiro atoms. The highest BCUT2D eigenvalue weighted by Crippen LogP contribution is 2.40. The molecule has 1 heterocycles. The van der Waals surface area contributed by atoms with Crippen molar-refractivity contribution in [3.63, 3.8) is 0 Å². The Bertz CT molecular complexity index is 1070. The molecule has 2 unspecified atom stereocenters. The van der Waals surface area contributed by atoms with E-state index in [0.717, 1.165) is 27.4 Å². The quantitative estimate of drug-likeness (QED) is 0.498. The van der Waals surface area contributed by atoms with Crippen molar-refractivity contribution in [3.8, 4) is 0 Å². The zero-order valence-corrected chi connectivity index (χ0v) is 19.0. The smallest absolute Gasteiger partial charge is 0.257 e. The number of halogens is 2. The van der Waals surface area contributed by atoms with Crippen molar-refractivity contribution >= 4 is 45.2 Å². The van der Waals surface area contributed by atoms with Crippen LogP contribution in [0.1, 0.15) is 17.0 Å². The van der Waals surface area contributed by atoms with Crippen molar-refractivity contribution in [1.29, 1.82) is 0 Å². The summed E-state index contributed by atoms with van der Waals surface area (Å²) in [5.41, 5.74) is 1.93. The fourth-order valence-electron chi connectivity index (χ4n) is 3.40. The van der Waals surface area contributed by atoms with E-state index >= 15 is 0 Å². The van der Waals surface area contributed by atoms with Gasteiger partial charge in [0, 0.05) is 15.3 Å². The number of carbonyl (C=O) groups excluding carboxylic acids is 1. The SMILES string of the molecule is N.O=C1NC(C(c2ccccc2)c2ccc(Br)cc2)C([O-])=C1Sc1ccccc1Cl. The monoisotopic (exact) mass is 501 g/mol. The lowest BCUT2D eigenvalue weighted by atomic mass is 9.85. The molecule has 2 atom stereocenters. The van der Waals surface area contributed by atoms with E-state index in [1.165, 1.54) is 0 Å². The molecule has 1 aliphatic rings. The Labute approximate surface area is 193 Å². The molecule has 0 aliphatic carbocycles. The zero-order chi connectivity index (χ0) is 20.4. The molecule has 0 saturated heterocycles. The van der Waals surface area contributed by atoms with Crippen molar-refractivity contribution in [2.45, 2.75) is 16.9 Å². The van der Waals surface area contributed by atoms with Gasteiger partial charge in [-0.2, -0.15) is 0 Å². The molecule has 4 rings (SSSR count). The van der Waals surface area contributed by atoms with Crippen LogP contribution >= 0.6 is 39.3 Å². The summed E-state index contributed by atoms with van der Waals surface area (Å²) >= 11 is 10.8. The third-order valence-electron chi connectivity index (χ3n) is 4.77. The predicted molar refractivity (Wildman–Crippen MR) is 124 cm³/mol. The largest absolute Gasteiger partial charge is 0.873 e. The average molecular weight is 503 g/mol. The molecule has 30 heavy (non-hydrogen) atoms. The van der Waals surface area contributed by atoms with Crippen molar-refractivity contribution < 1.29 is 9.90 Å². The van der Waals surface area contributed by atoms with Crippen LogP contribution in [0.3, 0.4) is 0 Å². The van der Waals surface area contributed by atoms with Gasteiger partial charge in [-0.15, -0.1) is 0 Å². The highest BCUT2D eigenvalue weighted by molar-refractivity contribution is 9.10. The van der Waals surface area contributed by atoms with Crippen molar-refractivity contribution in [1.82, 2.24) is 11.5 Å². The minimum Gasteiger partial charge on any atom is -0.873 e. The molecular formula is C23H19BrClN2O2S-. The predicted octanol–water partition coefficient (Wildman–Crippen LogP) is 5.26. The van der Waals surface area contributed by atoms with Crippen LogP contribution in [0, 0.1) is 0 Å². The molecule has 0 saturated carbocycles. The molecule has 0 bridgehead atoms. The minimum absolute atomic E-state index is 0. The number of rotatable bonds is 5. The van der Waals surface area contributed by atoms with Crippen LogP contribution in [0.5, 0.6) is 0 Å². The second kappa shape index (κ2) is 9.71.